The van der Waals surface area contributed by atoms with Gasteiger partial charge in [0.2, 0.25) is 5.91 Å². The van der Waals surface area contributed by atoms with Gasteiger partial charge in [-0.2, -0.15) is 5.10 Å². The Kier molecular flexibility index (Phi) is 7.32. The van der Waals surface area contributed by atoms with Crippen molar-refractivity contribution in [3.63, 3.8) is 0 Å². The standard InChI is InChI=1S/C21H25N5O2.CH2O2/c1-14-19(10-23-25(14)2)24-21(28)13-26-11-16(20(27)12-26)9-15-7-8-22-18-6-4-3-5-17(15)18;2-1-3/h3-8,10,16,20,27H,9,11-13H2,1-2H3,(H,24,28);1H,(H,2,3)/t16-,20+;/m1./s1. The Morgan fingerprint density at radius 2 is 2.03 bits per heavy atom. The van der Waals surface area contributed by atoms with Crippen LogP contribution in [-0.4, -0.2) is 68.0 Å². The lowest BCUT2D eigenvalue weighted by molar-refractivity contribution is -0.123. The van der Waals surface area contributed by atoms with E-state index in [0.29, 0.717) is 13.1 Å². The number of anilines is 1. The lowest BCUT2D eigenvalue weighted by Gasteiger charge is -2.16. The number of likely N-dealkylation sites (tertiary alicyclic amines) is 1. The van der Waals surface area contributed by atoms with Crippen LogP contribution in [0, 0.1) is 12.8 Å². The number of benzene rings is 1. The maximum atomic E-state index is 12.4. The third kappa shape index (κ3) is 5.44. The average Bonchev–Trinajstić information content (AvgIpc) is 3.24. The monoisotopic (exact) mass is 425 g/mol. The summed E-state index contributed by atoms with van der Waals surface area (Å²) >= 11 is 0. The van der Waals surface area contributed by atoms with E-state index in [-0.39, 0.29) is 24.8 Å². The number of β-amino-alcohol motifs (C(OH)–C–C–N with tert-alkyl or cyclic N) is 1. The molecule has 1 fully saturated rings. The molecule has 3 aromatic rings. The predicted octanol–water partition coefficient (Wildman–Crippen LogP) is 1.45. The molecule has 0 aliphatic carbocycles. The second kappa shape index (κ2) is 10.1. The van der Waals surface area contributed by atoms with E-state index >= 15 is 0 Å². The molecular weight excluding hydrogens is 398 g/mol. The molecular formula is C22H27N5O4. The molecule has 9 nitrogen and oxygen atoms in total. The average molecular weight is 425 g/mol. The van der Waals surface area contributed by atoms with Crippen LogP contribution in [0.2, 0.25) is 0 Å². The fourth-order valence-corrected chi connectivity index (χ4v) is 3.90. The Morgan fingerprint density at radius 1 is 1.29 bits per heavy atom. The fourth-order valence-electron chi connectivity index (χ4n) is 3.90. The van der Waals surface area contributed by atoms with Crippen molar-refractivity contribution < 1.29 is 19.8 Å². The number of para-hydroxylation sites is 1. The van der Waals surface area contributed by atoms with Gasteiger partial charge < -0.3 is 15.5 Å². The van der Waals surface area contributed by atoms with Crippen molar-refractivity contribution in [2.45, 2.75) is 19.4 Å². The first kappa shape index (κ1) is 22.4. The summed E-state index contributed by atoms with van der Waals surface area (Å²) < 4.78 is 1.73. The zero-order chi connectivity index (χ0) is 22.4. The second-order valence-corrected chi connectivity index (χ2v) is 7.63. The van der Waals surface area contributed by atoms with Crippen molar-refractivity contribution in [2.75, 3.05) is 25.0 Å². The van der Waals surface area contributed by atoms with Gasteiger partial charge in [0.05, 0.1) is 35.7 Å². The number of aromatic nitrogens is 3. The number of aryl methyl sites for hydroxylation is 1. The molecule has 4 rings (SSSR count). The van der Waals surface area contributed by atoms with Crippen molar-refractivity contribution in [2.24, 2.45) is 13.0 Å². The Balaban J connectivity index is 0.000000858. The zero-order valence-electron chi connectivity index (χ0n) is 17.6. The number of nitrogens with zero attached hydrogens (tertiary/aromatic N) is 4. The number of carbonyl (C=O) groups excluding carboxylic acids is 1. The summed E-state index contributed by atoms with van der Waals surface area (Å²) in [4.78, 5) is 27.2. The number of carboxylic acid groups (broad SMARTS) is 1. The van der Waals surface area contributed by atoms with Gasteiger partial charge in [0.1, 0.15) is 0 Å². The van der Waals surface area contributed by atoms with Crippen LogP contribution >= 0.6 is 0 Å². The Bertz CT molecular complexity index is 1050. The topological polar surface area (TPSA) is 121 Å². The molecule has 1 aliphatic rings. The molecule has 0 spiro atoms. The SMILES string of the molecule is Cc1c(NC(=O)CN2C[C@@H](Cc3ccnc4ccccc34)[C@@H](O)C2)cnn1C.O=CO. The number of rotatable bonds is 5. The molecule has 1 amide bonds. The first-order valence-corrected chi connectivity index (χ1v) is 10.0. The Hall–Kier alpha value is -3.30. The van der Waals surface area contributed by atoms with Crippen molar-refractivity contribution in [3.8, 4) is 0 Å². The predicted molar refractivity (Wildman–Crippen MR) is 117 cm³/mol. The van der Waals surface area contributed by atoms with Gasteiger partial charge in [0.25, 0.3) is 6.47 Å². The lowest BCUT2D eigenvalue weighted by atomic mass is 9.94. The van der Waals surface area contributed by atoms with Gasteiger partial charge in [-0.15, -0.1) is 0 Å². The quantitative estimate of drug-likeness (QED) is 0.529. The molecule has 3 N–H and O–H groups in total. The fraction of sp³-hybridized carbons (Fsp3) is 0.364. The summed E-state index contributed by atoms with van der Waals surface area (Å²) in [5.41, 5.74) is 3.80. The number of amides is 1. The van der Waals surface area contributed by atoms with Crippen LogP contribution in [0.4, 0.5) is 5.69 Å². The largest absolute Gasteiger partial charge is 0.483 e. The van der Waals surface area contributed by atoms with E-state index in [1.54, 1.807) is 10.9 Å². The Labute approximate surface area is 180 Å². The van der Waals surface area contributed by atoms with E-state index in [0.717, 1.165) is 28.7 Å². The van der Waals surface area contributed by atoms with Gasteiger partial charge in [-0.05, 0) is 31.0 Å². The molecule has 0 bridgehead atoms. The highest BCUT2D eigenvalue weighted by Crippen LogP contribution is 2.25. The minimum atomic E-state index is -0.445. The third-order valence-corrected chi connectivity index (χ3v) is 5.58. The number of aliphatic hydroxyl groups excluding tert-OH is 1. The number of aliphatic hydroxyl groups is 1. The van der Waals surface area contributed by atoms with Crippen LogP contribution in [0.25, 0.3) is 10.9 Å². The molecule has 2 atom stereocenters. The van der Waals surface area contributed by atoms with E-state index in [1.165, 1.54) is 5.56 Å². The van der Waals surface area contributed by atoms with Gasteiger partial charge in [0, 0.05) is 37.6 Å². The van der Waals surface area contributed by atoms with Gasteiger partial charge in [0.15, 0.2) is 0 Å². The van der Waals surface area contributed by atoms with E-state index in [2.05, 4.69) is 21.5 Å². The third-order valence-electron chi connectivity index (χ3n) is 5.58. The van der Waals surface area contributed by atoms with Gasteiger partial charge in [-0.1, -0.05) is 18.2 Å². The minimum absolute atomic E-state index is 0.0849. The van der Waals surface area contributed by atoms with Gasteiger partial charge in [-0.3, -0.25) is 24.2 Å². The normalized spacial score (nSPS) is 18.4. The number of pyridine rings is 1. The van der Waals surface area contributed by atoms with Crippen LogP contribution in [0.15, 0.2) is 42.7 Å². The second-order valence-electron chi connectivity index (χ2n) is 7.63. The molecule has 9 heteroatoms. The van der Waals surface area contributed by atoms with Crippen LogP contribution in [0.1, 0.15) is 11.3 Å². The van der Waals surface area contributed by atoms with Crippen LogP contribution in [0.5, 0.6) is 0 Å². The molecule has 1 aliphatic heterocycles. The number of hydrogen-bond acceptors (Lipinski definition) is 6. The lowest BCUT2D eigenvalue weighted by Crippen LogP contribution is -2.32. The number of carbonyl (C=O) groups is 2. The molecule has 2 aromatic heterocycles. The number of hydrogen-bond donors (Lipinski definition) is 3. The first-order chi connectivity index (χ1) is 14.9. The van der Waals surface area contributed by atoms with Crippen LogP contribution in [-0.2, 0) is 23.1 Å². The number of nitrogens with one attached hydrogen (secondary N) is 1. The smallest absolute Gasteiger partial charge is 0.290 e. The summed E-state index contributed by atoms with van der Waals surface area (Å²) in [5.74, 6) is 0.0112. The summed E-state index contributed by atoms with van der Waals surface area (Å²) in [6, 6.07) is 10.1. The minimum Gasteiger partial charge on any atom is -0.483 e. The summed E-state index contributed by atoms with van der Waals surface area (Å²) in [5, 5.41) is 25.6. The van der Waals surface area contributed by atoms with Crippen LogP contribution < -0.4 is 5.32 Å². The van der Waals surface area contributed by atoms with Crippen LogP contribution in [0.3, 0.4) is 0 Å². The van der Waals surface area contributed by atoms with E-state index < -0.39 is 6.10 Å². The maximum absolute atomic E-state index is 12.4. The van der Waals surface area contributed by atoms with Gasteiger partial charge >= 0.3 is 0 Å². The summed E-state index contributed by atoms with van der Waals surface area (Å²) in [6.07, 6.45) is 3.80. The summed E-state index contributed by atoms with van der Waals surface area (Å²) in [7, 11) is 1.84. The molecule has 1 aromatic carbocycles. The number of fused-ring (bicyclic) bond motifs is 1. The van der Waals surface area contributed by atoms with Crippen molar-refractivity contribution in [3.05, 3.63) is 54.0 Å². The van der Waals surface area contributed by atoms with Gasteiger partial charge in [-0.25, -0.2) is 0 Å². The molecule has 0 saturated carbocycles. The summed E-state index contributed by atoms with van der Waals surface area (Å²) in [6.45, 7) is 3.13. The maximum Gasteiger partial charge on any atom is 0.290 e. The molecule has 0 unspecified atom stereocenters. The highest BCUT2D eigenvalue weighted by molar-refractivity contribution is 5.92. The van der Waals surface area contributed by atoms with E-state index in [1.807, 2.05) is 49.3 Å². The molecule has 164 valence electrons. The molecule has 31 heavy (non-hydrogen) atoms. The van der Waals surface area contributed by atoms with E-state index in [9.17, 15) is 9.90 Å². The Morgan fingerprint density at radius 3 is 2.74 bits per heavy atom. The van der Waals surface area contributed by atoms with Crippen molar-refractivity contribution >= 4 is 29.0 Å². The van der Waals surface area contributed by atoms with Crippen molar-refractivity contribution in [1.82, 2.24) is 19.7 Å². The first-order valence-electron chi connectivity index (χ1n) is 10.0. The molecule has 0 radical (unpaired) electrons. The van der Waals surface area contributed by atoms with Crippen molar-refractivity contribution in [1.29, 1.82) is 0 Å². The van der Waals surface area contributed by atoms with E-state index in [4.69, 9.17) is 9.90 Å². The molecule has 3 heterocycles. The molecule has 1 saturated heterocycles. The highest BCUT2D eigenvalue weighted by Gasteiger charge is 2.32. The zero-order valence-corrected chi connectivity index (χ0v) is 17.6. The highest BCUT2D eigenvalue weighted by atomic mass is 16.3.